The van der Waals surface area contributed by atoms with Crippen molar-refractivity contribution in [3.05, 3.63) is 0 Å². The third-order valence-corrected chi connectivity index (χ3v) is 3.09. The van der Waals surface area contributed by atoms with Gasteiger partial charge in [0.15, 0.2) is 5.78 Å². The van der Waals surface area contributed by atoms with Crippen LogP contribution in [0.25, 0.3) is 0 Å². The minimum Gasteiger partial charge on any atom is -0.374 e. The van der Waals surface area contributed by atoms with Gasteiger partial charge in [-0.15, -0.1) is 0 Å². The summed E-state index contributed by atoms with van der Waals surface area (Å²) in [5, 5.41) is 0. The Morgan fingerprint density at radius 2 is 2.15 bits per heavy atom. The van der Waals surface area contributed by atoms with E-state index in [1.54, 1.807) is 7.11 Å². The fourth-order valence-electron chi connectivity index (χ4n) is 2.14. The number of carbonyl (C=O) groups is 1. The van der Waals surface area contributed by atoms with E-state index in [0.29, 0.717) is 11.7 Å². The highest BCUT2D eigenvalue weighted by Gasteiger charge is 2.27. The van der Waals surface area contributed by atoms with Gasteiger partial charge in [-0.3, -0.25) is 4.79 Å². The summed E-state index contributed by atoms with van der Waals surface area (Å²) in [6.45, 7) is 4.08. The van der Waals surface area contributed by atoms with Crippen molar-refractivity contribution in [3.63, 3.8) is 0 Å². The molecule has 1 aliphatic rings. The Morgan fingerprint density at radius 1 is 1.46 bits per heavy atom. The van der Waals surface area contributed by atoms with Gasteiger partial charge < -0.3 is 4.74 Å². The zero-order valence-electron chi connectivity index (χ0n) is 8.88. The van der Waals surface area contributed by atoms with E-state index >= 15 is 0 Å². The van der Waals surface area contributed by atoms with E-state index in [-0.39, 0.29) is 12.0 Å². The summed E-state index contributed by atoms with van der Waals surface area (Å²) >= 11 is 0. The van der Waals surface area contributed by atoms with E-state index in [0.717, 1.165) is 12.8 Å². The van der Waals surface area contributed by atoms with Crippen molar-refractivity contribution in [2.45, 2.75) is 45.6 Å². The summed E-state index contributed by atoms with van der Waals surface area (Å²) in [6.07, 6.45) is 4.40. The van der Waals surface area contributed by atoms with Gasteiger partial charge in [0.1, 0.15) is 6.10 Å². The van der Waals surface area contributed by atoms with Crippen molar-refractivity contribution in [1.82, 2.24) is 0 Å². The first-order valence-corrected chi connectivity index (χ1v) is 5.21. The molecule has 0 aromatic carbocycles. The largest absolute Gasteiger partial charge is 0.374 e. The monoisotopic (exact) mass is 184 g/mol. The first-order valence-electron chi connectivity index (χ1n) is 5.21. The molecule has 1 aliphatic carbocycles. The van der Waals surface area contributed by atoms with E-state index in [1.807, 2.05) is 6.92 Å². The summed E-state index contributed by atoms with van der Waals surface area (Å²) in [5.74, 6) is 1.28. The average molecular weight is 184 g/mol. The summed E-state index contributed by atoms with van der Waals surface area (Å²) in [6, 6.07) is 0. The number of Topliss-reactive ketones (excluding diaryl/α,β-unsaturated/α-hetero) is 1. The smallest absolute Gasteiger partial charge is 0.164 e. The molecule has 0 radical (unpaired) electrons. The molecule has 1 rings (SSSR count). The van der Waals surface area contributed by atoms with Crippen molar-refractivity contribution >= 4 is 5.78 Å². The van der Waals surface area contributed by atoms with Crippen LogP contribution < -0.4 is 0 Å². The second-order valence-corrected chi connectivity index (χ2v) is 4.25. The number of ketones is 1. The highest BCUT2D eigenvalue weighted by Crippen LogP contribution is 2.29. The lowest BCUT2D eigenvalue weighted by Crippen LogP contribution is -2.30. The lowest BCUT2D eigenvalue weighted by atomic mass is 9.79. The normalized spacial score (nSPS) is 31.3. The Labute approximate surface area is 80.7 Å². The van der Waals surface area contributed by atoms with Crippen LogP contribution in [0.3, 0.4) is 0 Å². The molecule has 0 heterocycles. The van der Waals surface area contributed by atoms with Crippen molar-refractivity contribution in [1.29, 1.82) is 0 Å². The molecular weight excluding hydrogens is 164 g/mol. The molecule has 1 saturated carbocycles. The van der Waals surface area contributed by atoms with E-state index in [2.05, 4.69) is 6.92 Å². The first kappa shape index (κ1) is 10.7. The van der Waals surface area contributed by atoms with Crippen LogP contribution in [0.4, 0.5) is 0 Å². The van der Waals surface area contributed by atoms with Gasteiger partial charge in [-0.25, -0.2) is 0 Å². The van der Waals surface area contributed by atoms with Crippen molar-refractivity contribution in [2.24, 2.45) is 11.8 Å². The number of hydrogen-bond donors (Lipinski definition) is 0. The van der Waals surface area contributed by atoms with Crippen molar-refractivity contribution < 1.29 is 9.53 Å². The summed E-state index contributed by atoms with van der Waals surface area (Å²) in [4.78, 5) is 11.7. The standard InChI is InChI=1S/C11H20O2/c1-8-5-4-6-10(7-8)11(12)9(2)13-3/h8-10H,4-7H2,1-3H3. The van der Waals surface area contributed by atoms with E-state index in [9.17, 15) is 4.79 Å². The molecule has 0 N–H and O–H groups in total. The number of hydrogen-bond acceptors (Lipinski definition) is 2. The minimum atomic E-state index is -0.213. The molecule has 0 bridgehead atoms. The topological polar surface area (TPSA) is 26.3 Å². The first-order chi connectivity index (χ1) is 6.15. The van der Waals surface area contributed by atoms with Crippen molar-refractivity contribution in [3.8, 4) is 0 Å². The zero-order chi connectivity index (χ0) is 9.84. The zero-order valence-corrected chi connectivity index (χ0v) is 8.88. The Balaban J connectivity index is 2.46. The fraction of sp³-hybridized carbons (Fsp3) is 0.909. The lowest BCUT2D eigenvalue weighted by molar-refractivity contribution is -0.133. The van der Waals surface area contributed by atoms with Crippen LogP contribution in [-0.2, 0) is 9.53 Å². The maximum Gasteiger partial charge on any atom is 0.164 e. The molecule has 76 valence electrons. The molecule has 2 nitrogen and oxygen atoms in total. The molecule has 13 heavy (non-hydrogen) atoms. The maximum absolute atomic E-state index is 11.7. The summed E-state index contributed by atoms with van der Waals surface area (Å²) < 4.78 is 5.05. The number of ether oxygens (including phenoxy) is 1. The SMILES string of the molecule is COC(C)C(=O)C1CCCC(C)C1. The fourth-order valence-corrected chi connectivity index (χ4v) is 2.14. The molecule has 0 saturated heterocycles. The number of carbonyl (C=O) groups excluding carboxylic acids is 1. The van der Waals surface area contributed by atoms with E-state index in [4.69, 9.17) is 4.74 Å². The molecule has 0 amide bonds. The van der Waals surface area contributed by atoms with Gasteiger partial charge in [0.05, 0.1) is 0 Å². The van der Waals surface area contributed by atoms with Gasteiger partial charge in [-0.1, -0.05) is 19.8 Å². The van der Waals surface area contributed by atoms with Crippen LogP contribution in [0, 0.1) is 11.8 Å². The van der Waals surface area contributed by atoms with Crippen LogP contribution >= 0.6 is 0 Å². The van der Waals surface area contributed by atoms with Gasteiger partial charge in [0, 0.05) is 13.0 Å². The van der Waals surface area contributed by atoms with Gasteiger partial charge in [-0.2, -0.15) is 0 Å². The second kappa shape index (κ2) is 4.75. The maximum atomic E-state index is 11.7. The Morgan fingerprint density at radius 3 is 2.69 bits per heavy atom. The van der Waals surface area contributed by atoms with E-state index in [1.165, 1.54) is 12.8 Å². The predicted molar refractivity (Wildman–Crippen MR) is 52.6 cm³/mol. The van der Waals surface area contributed by atoms with Gasteiger partial charge in [0.2, 0.25) is 0 Å². The molecular formula is C11H20O2. The Bertz CT molecular complexity index is 177. The van der Waals surface area contributed by atoms with Gasteiger partial charge in [-0.05, 0) is 25.7 Å². The highest BCUT2D eigenvalue weighted by molar-refractivity contribution is 5.85. The van der Waals surface area contributed by atoms with Crippen molar-refractivity contribution in [2.75, 3.05) is 7.11 Å². The lowest BCUT2D eigenvalue weighted by Gasteiger charge is -2.27. The van der Waals surface area contributed by atoms with Crippen LogP contribution in [0.15, 0.2) is 0 Å². The van der Waals surface area contributed by atoms with Crippen LogP contribution in [-0.4, -0.2) is 19.0 Å². The van der Waals surface area contributed by atoms with E-state index < -0.39 is 0 Å². The summed E-state index contributed by atoms with van der Waals surface area (Å²) in [5.41, 5.74) is 0. The molecule has 0 spiro atoms. The van der Waals surface area contributed by atoms with Crippen LogP contribution in [0.5, 0.6) is 0 Å². The third kappa shape index (κ3) is 2.80. The highest BCUT2D eigenvalue weighted by atomic mass is 16.5. The Kier molecular flexibility index (Phi) is 3.91. The average Bonchev–Trinajstić information content (AvgIpc) is 2.15. The Hall–Kier alpha value is -0.370. The molecule has 0 aromatic heterocycles. The molecule has 2 heteroatoms. The third-order valence-electron chi connectivity index (χ3n) is 3.09. The van der Waals surface area contributed by atoms with Crippen LogP contribution in [0.2, 0.25) is 0 Å². The molecule has 3 atom stereocenters. The van der Waals surface area contributed by atoms with Crippen LogP contribution in [0.1, 0.15) is 39.5 Å². The summed E-state index contributed by atoms with van der Waals surface area (Å²) in [7, 11) is 1.61. The number of methoxy groups -OCH3 is 1. The van der Waals surface area contributed by atoms with Gasteiger partial charge in [0.25, 0.3) is 0 Å². The second-order valence-electron chi connectivity index (χ2n) is 4.25. The quantitative estimate of drug-likeness (QED) is 0.673. The van der Waals surface area contributed by atoms with Gasteiger partial charge >= 0.3 is 0 Å². The molecule has 0 aromatic rings. The molecule has 0 aliphatic heterocycles. The molecule has 3 unspecified atom stereocenters. The number of rotatable bonds is 3. The minimum absolute atomic E-state index is 0.213. The molecule has 1 fully saturated rings. The predicted octanol–water partition coefficient (Wildman–Crippen LogP) is 2.42.